The van der Waals surface area contributed by atoms with Crippen LogP contribution in [-0.2, 0) is 16.0 Å². The van der Waals surface area contributed by atoms with Gasteiger partial charge in [-0.2, -0.15) is 0 Å². The first-order valence-electron chi connectivity index (χ1n) is 10.4. The SMILES string of the molecule is CCOc1ccccc1-c1nc(CC(=O)N(CC)CC(=O)Nc2cccc(OC)c2)cs1. The summed E-state index contributed by atoms with van der Waals surface area (Å²) in [4.78, 5) is 31.4. The summed E-state index contributed by atoms with van der Waals surface area (Å²) in [6.45, 7) is 4.75. The van der Waals surface area contributed by atoms with Crippen LogP contribution in [0.1, 0.15) is 19.5 Å². The molecular formula is C24H27N3O4S. The maximum Gasteiger partial charge on any atom is 0.243 e. The number of likely N-dealkylation sites (N-methyl/N-ethyl adjacent to an activating group) is 1. The van der Waals surface area contributed by atoms with Gasteiger partial charge in [-0.1, -0.05) is 18.2 Å². The normalized spacial score (nSPS) is 10.5. The molecule has 2 aromatic carbocycles. The molecule has 0 unspecified atom stereocenters. The van der Waals surface area contributed by atoms with Crippen LogP contribution in [-0.4, -0.2) is 48.5 Å². The molecule has 1 aromatic heterocycles. The average molecular weight is 454 g/mol. The van der Waals surface area contributed by atoms with Crippen molar-refractivity contribution < 1.29 is 19.1 Å². The molecule has 1 heterocycles. The van der Waals surface area contributed by atoms with E-state index in [0.29, 0.717) is 30.3 Å². The first-order chi connectivity index (χ1) is 15.5. The van der Waals surface area contributed by atoms with Crippen LogP contribution in [0, 0.1) is 0 Å². The van der Waals surface area contributed by atoms with Crippen molar-refractivity contribution >= 4 is 28.8 Å². The Morgan fingerprint density at radius 1 is 1.12 bits per heavy atom. The second-order valence-corrected chi connectivity index (χ2v) is 7.80. The number of nitrogens with one attached hydrogen (secondary N) is 1. The van der Waals surface area contributed by atoms with Gasteiger partial charge in [0.1, 0.15) is 16.5 Å². The molecule has 32 heavy (non-hydrogen) atoms. The molecule has 0 fully saturated rings. The summed E-state index contributed by atoms with van der Waals surface area (Å²) in [5.41, 5.74) is 2.20. The Labute approximate surface area is 192 Å². The van der Waals surface area contributed by atoms with Crippen molar-refractivity contribution in [3.05, 3.63) is 59.6 Å². The number of methoxy groups -OCH3 is 1. The maximum atomic E-state index is 12.8. The Hall–Kier alpha value is -3.39. The van der Waals surface area contributed by atoms with Crippen LogP contribution in [0.5, 0.6) is 11.5 Å². The Bertz CT molecular complexity index is 1070. The number of carbonyl (C=O) groups excluding carboxylic acids is 2. The van der Waals surface area contributed by atoms with Crippen LogP contribution in [0.2, 0.25) is 0 Å². The number of thiazole rings is 1. The number of amides is 2. The molecule has 7 nitrogen and oxygen atoms in total. The topological polar surface area (TPSA) is 80.8 Å². The van der Waals surface area contributed by atoms with Crippen LogP contribution in [0.4, 0.5) is 5.69 Å². The van der Waals surface area contributed by atoms with Gasteiger partial charge in [-0.3, -0.25) is 9.59 Å². The molecule has 0 spiro atoms. The molecule has 168 valence electrons. The fourth-order valence-electron chi connectivity index (χ4n) is 3.15. The quantitative estimate of drug-likeness (QED) is 0.496. The van der Waals surface area contributed by atoms with E-state index in [9.17, 15) is 9.59 Å². The van der Waals surface area contributed by atoms with E-state index in [0.717, 1.165) is 16.3 Å². The maximum absolute atomic E-state index is 12.8. The lowest BCUT2D eigenvalue weighted by atomic mass is 10.2. The van der Waals surface area contributed by atoms with Crippen molar-refractivity contribution in [1.29, 1.82) is 0 Å². The molecule has 0 aliphatic carbocycles. The lowest BCUT2D eigenvalue weighted by Gasteiger charge is -2.20. The van der Waals surface area contributed by atoms with Gasteiger partial charge in [0.25, 0.3) is 0 Å². The van der Waals surface area contributed by atoms with Gasteiger partial charge < -0.3 is 19.7 Å². The fraction of sp³-hybridized carbons (Fsp3) is 0.292. The molecule has 0 aliphatic rings. The molecule has 1 N–H and O–H groups in total. The van der Waals surface area contributed by atoms with Crippen molar-refractivity contribution in [1.82, 2.24) is 9.88 Å². The molecule has 0 saturated carbocycles. The highest BCUT2D eigenvalue weighted by Crippen LogP contribution is 2.32. The van der Waals surface area contributed by atoms with E-state index in [4.69, 9.17) is 9.47 Å². The number of carbonyl (C=O) groups is 2. The number of hydrogen-bond donors (Lipinski definition) is 1. The highest BCUT2D eigenvalue weighted by molar-refractivity contribution is 7.13. The lowest BCUT2D eigenvalue weighted by Crippen LogP contribution is -2.38. The van der Waals surface area contributed by atoms with E-state index in [2.05, 4.69) is 10.3 Å². The average Bonchev–Trinajstić information content (AvgIpc) is 3.26. The Balaban J connectivity index is 1.62. The Morgan fingerprint density at radius 2 is 1.94 bits per heavy atom. The van der Waals surface area contributed by atoms with Gasteiger partial charge in [0.15, 0.2) is 0 Å². The molecule has 0 saturated heterocycles. The standard InChI is InChI=1S/C24H27N3O4S/c1-4-27(15-22(28)25-17-9-8-10-19(13-17)30-3)23(29)14-18-16-32-24(26-18)20-11-6-7-12-21(20)31-5-2/h6-13,16H,4-5,14-15H2,1-3H3,(H,25,28). The van der Waals surface area contributed by atoms with Crippen molar-refractivity contribution in [3.63, 3.8) is 0 Å². The third kappa shape index (κ3) is 6.07. The number of nitrogens with zero attached hydrogens (tertiary/aromatic N) is 2. The predicted molar refractivity (Wildman–Crippen MR) is 126 cm³/mol. The van der Waals surface area contributed by atoms with Gasteiger partial charge in [0.05, 0.1) is 37.9 Å². The van der Waals surface area contributed by atoms with Gasteiger partial charge in [-0.15, -0.1) is 11.3 Å². The van der Waals surface area contributed by atoms with Crippen molar-refractivity contribution in [2.24, 2.45) is 0 Å². The van der Waals surface area contributed by atoms with Gasteiger partial charge in [0, 0.05) is 23.7 Å². The highest BCUT2D eigenvalue weighted by Gasteiger charge is 2.18. The highest BCUT2D eigenvalue weighted by atomic mass is 32.1. The number of anilines is 1. The van der Waals surface area contributed by atoms with E-state index in [1.807, 2.05) is 43.5 Å². The van der Waals surface area contributed by atoms with Gasteiger partial charge >= 0.3 is 0 Å². The third-order valence-electron chi connectivity index (χ3n) is 4.72. The summed E-state index contributed by atoms with van der Waals surface area (Å²) in [7, 11) is 1.57. The smallest absolute Gasteiger partial charge is 0.243 e. The van der Waals surface area contributed by atoms with Crippen LogP contribution in [0.15, 0.2) is 53.9 Å². The van der Waals surface area contributed by atoms with Crippen molar-refractivity contribution in [2.75, 3.05) is 32.1 Å². The van der Waals surface area contributed by atoms with Crippen LogP contribution < -0.4 is 14.8 Å². The molecule has 0 aliphatic heterocycles. The molecular weight excluding hydrogens is 426 g/mol. The summed E-state index contributed by atoms with van der Waals surface area (Å²) in [5, 5.41) is 5.48. The lowest BCUT2D eigenvalue weighted by molar-refractivity contribution is -0.133. The fourth-order valence-corrected chi connectivity index (χ4v) is 4.00. The van der Waals surface area contributed by atoms with Crippen molar-refractivity contribution in [2.45, 2.75) is 20.3 Å². The monoisotopic (exact) mass is 453 g/mol. The first-order valence-corrected chi connectivity index (χ1v) is 11.3. The van der Waals surface area contributed by atoms with E-state index < -0.39 is 0 Å². The summed E-state index contributed by atoms with van der Waals surface area (Å²) in [6, 6.07) is 14.8. The molecule has 3 rings (SSSR count). The zero-order valence-corrected chi connectivity index (χ0v) is 19.3. The summed E-state index contributed by atoms with van der Waals surface area (Å²) in [6.07, 6.45) is 0.133. The van der Waals surface area contributed by atoms with E-state index in [-0.39, 0.29) is 24.8 Å². The zero-order chi connectivity index (χ0) is 22.9. The van der Waals surface area contributed by atoms with Crippen molar-refractivity contribution in [3.8, 4) is 22.1 Å². The predicted octanol–water partition coefficient (Wildman–Crippen LogP) is 4.25. The molecule has 3 aromatic rings. The summed E-state index contributed by atoms with van der Waals surface area (Å²) in [5.74, 6) is 1.00. The first kappa shape index (κ1) is 23.3. The second kappa shape index (κ2) is 11.3. The van der Waals surface area contributed by atoms with Gasteiger partial charge in [-0.25, -0.2) is 4.98 Å². The largest absolute Gasteiger partial charge is 0.497 e. The molecule has 2 amide bonds. The minimum Gasteiger partial charge on any atom is -0.497 e. The van der Waals surface area contributed by atoms with E-state index in [1.54, 1.807) is 31.4 Å². The molecule has 0 radical (unpaired) electrons. The number of rotatable bonds is 10. The second-order valence-electron chi connectivity index (χ2n) is 6.94. The number of para-hydroxylation sites is 1. The van der Waals surface area contributed by atoms with Gasteiger partial charge in [-0.05, 0) is 38.1 Å². The van der Waals surface area contributed by atoms with Crippen LogP contribution >= 0.6 is 11.3 Å². The Morgan fingerprint density at radius 3 is 2.69 bits per heavy atom. The summed E-state index contributed by atoms with van der Waals surface area (Å²) < 4.78 is 10.9. The molecule has 0 bridgehead atoms. The summed E-state index contributed by atoms with van der Waals surface area (Å²) >= 11 is 1.47. The van der Waals surface area contributed by atoms with Gasteiger partial charge in [0.2, 0.25) is 11.8 Å². The number of hydrogen-bond acceptors (Lipinski definition) is 6. The zero-order valence-electron chi connectivity index (χ0n) is 18.5. The minimum atomic E-state index is -0.266. The number of benzene rings is 2. The minimum absolute atomic E-state index is 0.0310. The third-order valence-corrected chi connectivity index (χ3v) is 5.65. The number of ether oxygens (including phenoxy) is 2. The van der Waals surface area contributed by atoms with E-state index >= 15 is 0 Å². The van der Waals surface area contributed by atoms with Crippen LogP contribution in [0.25, 0.3) is 10.6 Å². The molecule has 8 heteroatoms. The van der Waals surface area contributed by atoms with E-state index in [1.165, 1.54) is 16.2 Å². The number of aromatic nitrogens is 1. The molecule has 0 atom stereocenters. The Kier molecular flexibility index (Phi) is 8.21. The van der Waals surface area contributed by atoms with Crippen LogP contribution in [0.3, 0.4) is 0 Å².